The lowest BCUT2D eigenvalue weighted by atomic mass is 9.95. The third kappa shape index (κ3) is 5.22. The van der Waals surface area contributed by atoms with Gasteiger partial charge in [-0.25, -0.2) is 0 Å². The number of hydrogen-bond acceptors (Lipinski definition) is 3. The van der Waals surface area contributed by atoms with Gasteiger partial charge in [0.05, 0.1) is 16.8 Å². The van der Waals surface area contributed by atoms with E-state index in [1.807, 2.05) is 24.7 Å². The van der Waals surface area contributed by atoms with E-state index in [0.29, 0.717) is 11.1 Å². The summed E-state index contributed by atoms with van der Waals surface area (Å²) in [7, 11) is 0. The molecule has 1 N–H and O–H groups in total. The van der Waals surface area contributed by atoms with Gasteiger partial charge in [0.1, 0.15) is 5.54 Å². The monoisotopic (exact) mass is 282 g/mol. The van der Waals surface area contributed by atoms with Crippen LogP contribution in [-0.2, 0) is 6.54 Å². The average Bonchev–Trinajstić information content (AvgIpc) is 2.64. The highest BCUT2D eigenvalue weighted by Gasteiger charge is 2.23. The van der Waals surface area contributed by atoms with Crippen LogP contribution in [0.2, 0.25) is 5.02 Å². The minimum atomic E-state index is -0.439. The van der Waals surface area contributed by atoms with Crippen LogP contribution in [0.5, 0.6) is 0 Å². The highest BCUT2D eigenvalue weighted by atomic mass is 35.5. The number of unbranched alkanes of at least 4 members (excludes halogenated alkanes) is 1. The second kappa shape index (κ2) is 6.93. The predicted octanol–water partition coefficient (Wildman–Crippen LogP) is 3.30. The summed E-state index contributed by atoms with van der Waals surface area (Å²) in [5.41, 5.74) is 0.427. The second-order valence-electron chi connectivity index (χ2n) is 5.53. The highest BCUT2D eigenvalue weighted by Crippen LogP contribution is 2.16. The molecular weight excluding hydrogens is 260 g/mol. The topological polar surface area (TPSA) is 53.6 Å². The molecule has 1 aromatic rings. The molecule has 4 nitrogen and oxygen atoms in total. The Bertz CT molecular complexity index is 427. The summed E-state index contributed by atoms with van der Waals surface area (Å²) in [5.74, 6) is 0. The largest absolute Gasteiger partial charge is 0.297 e. The van der Waals surface area contributed by atoms with Crippen LogP contribution >= 0.6 is 11.6 Å². The Balaban J connectivity index is 2.35. The Morgan fingerprint density at radius 2 is 2.21 bits per heavy atom. The summed E-state index contributed by atoms with van der Waals surface area (Å²) >= 11 is 5.96. The molecule has 0 aliphatic rings. The van der Waals surface area contributed by atoms with Crippen molar-refractivity contribution in [1.29, 1.82) is 5.26 Å². The molecule has 0 spiro atoms. The van der Waals surface area contributed by atoms with Crippen molar-refractivity contribution in [3.05, 3.63) is 16.9 Å². The predicted molar refractivity (Wildman–Crippen MR) is 78.1 cm³/mol. The first kappa shape index (κ1) is 16.0. The Morgan fingerprint density at radius 3 is 2.68 bits per heavy atom. The Hall–Kier alpha value is -1.05. The average molecular weight is 283 g/mol. The van der Waals surface area contributed by atoms with Crippen LogP contribution in [-0.4, -0.2) is 21.4 Å². The van der Waals surface area contributed by atoms with Gasteiger partial charge in [-0.2, -0.15) is 10.4 Å². The summed E-state index contributed by atoms with van der Waals surface area (Å²) in [6.45, 7) is 8.82. The van der Waals surface area contributed by atoms with E-state index in [-0.39, 0.29) is 0 Å². The zero-order valence-electron chi connectivity index (χ0n) is 12.2. The number of nitriles is 1. The molecule has 0 saturated carbocycles. The van der Waals surface area contributed by atoms with Gasteiger partial charge in [-0.15, -0.1) is 0 Å². The van der Waals surface area contributed by atoms with Crippen molar-refractivity contribution in [1.82, 2.24) is 15.1 Å². The number of rotatable bonds is 7. The van der Waals surface area contributed by atoms with Gasteiger partial charge in [0.2, 0.25) is 0 Å². The van der Waals surface area contributed by atoms with E-state index in [2.05, 4.69) is 30.3 Å². The van der Waals surface area contributed by atoms with Crippen LogP contribution in [0.3, 0.4) is 0 Å². The Labute approximate surface area is 120 Å². The van der Waals surface area contributed by atoms with Crippen LogP contribution in [0, 0.1) is 18.3 Å². The maximum Gasteiger partial charge on any atom is 0.104 e. The van der Waals surface area contributed by atoms with E-state index < -0.39 is 5.54 Å². The van der Waals surface area contributed by atoms with E-state index in [4.69, 9.17) is 11.6 Å². The molecule has 19 heavy (non-hydrogen) atoms. The summed E-state index contributed by atoms with van der Waals surface area (Å²) < 4.78 is 1.87. The van der Waals surface area contributed by atoms with E-state index in [1.54, 1.807) is 0 Å². The van der Waals surface area contributed by atoms with Crippen LogP contribution in [0.15, 0.2) is 6.20 Å². The molecule has 1 unspecified atom stereocenters. The fourth-order valence-electron chi connectivity index (χ4n) is 2.16. The first-order valence-corrected chi connectivity index (χ1v) is 7.12. The Morgan fingerprint density at radius 1 is 1.53 bits per heavy atom. The van der Waals surface area contributed by atoms with Gasteiger partial charge >= 0.3 is 0 Å². The molecule has 0 amide bonds. The lowest BCUT2D eigenvalue weighted by Gasteiger charge is -2.25. The zero-order chi connectivity index (χ0) is 14.5. The third-order valence-electron chi connectivity index (χ3n) is 3.05. The van der Waals surface area contributed by atoms with Crippen LogP contribution in [0.1, 0.15) is 45.7 Å². The van der Waals surface area contributed by atoms with Crippen molar-refractivity contribution in [3.63, 3.8) is 0 Å². The molecule has 0 aliphatic heterocycles. The van der Waals surface area contributed by atoms with Crippen molar-refractivity contribution in [2.75, 3.05) is 0 Å². The van der Waals surface area contributed by atoms with Gasteiger partial charge in [-0.1, -0.05) is 11.6 Å². The van der Waals surface area contributed by atoms with Crippen molar-refractivity contribution in [2.45, 2.75) is 65.1 Å². The van der Waals surface area contributed by atoms with Crippen LogP contribution in [0.4, 0.5) is 0 Å². The fourth-order valence-corrected chi connectivity index (χ4v) is 2.31. The minimum Gasteiger partial charge on any atom is -0.297 e. The smallest absolute Gasteiger partial charge is 0.104 e. The molecule has 0 aromatic carbocycles. The molecule has 0 aliphatic carbocycles. The van der Waals surface area contributed by atoms with E-state index in [0.717, 1.165) is 31.5 Å². The Kier molecular flexibility index (Phi) is 5.84. The number of nitrogens with one attached hydrogen (secondary N) is 1. The normalized spacial score (nSPS) is 14.4. The van der Waals surface area contributed by atoms with Crippen molar-refractivity contribution in [3.8, 4) is 6.07 Å². The highest BCUT2D eigenvalue weighted by molar-refractivity contribution is 6.31. The number of aryl methyl sites for hydroxylation is 2. The summed E-state index contributed by atoms with van der Waals surface area (Å²) in [4.78, 5) is 0. The first-order chi connectivity index (χ1) is 8.86. The van der Waals surface area contributed by atoms with E-state index in [1.165, 1.54) is 0 Å². The summed E-state index contributed by atoms with van der Waals surface area (Å²) in [6, 6.07) is 2.68. The molecule has 1 rings (SSSR count). The first-order valence-electron chi connectivity index (χ1n) is 6.75. The van der Waals surface area contributed by atoms with Gasteiger partial charge in [0.25, 0.3) is 0 Å². The van der Waals surface area contributed by atoms with Gasteiger partial charge in [0, 0.05) is 18.8 Å². The lowest BCUT2D eigenvalue weighted by Crippen LogP contribution is -2.44. The molecule has 1 atom stereocenters. The maximum absolute atomic E-state index is 9.24. The number of halogens is 1. The lowest BCUT2D eigenvalue weighted by molar-refractivity contribution is 0.364. The summed E-state index contributed by atoms with van der Waals surface area (Å²) in [5, 5.41) is 17.6. The zero-order valence-corrected chi connectivity index (χ0v) is 13.0. The molecule has 106 valence electrons. The molecule has 0 fully saturated rings. The molecule has 5 heteroatoms. The molecule has 0 bridgehead atoms. The van der Waals surface area contributed by atoms with Crippen LogP contribution < -0.4 is 5.32 Å². The summed E-state index contributed by atoms with van der Waals surface area (Å²) in [6.07, 6.45) is 4.68. The maximum atomic E-state index is 9.24. The van der Waals surface area contributed by atoms with Crippen molar-refractivity contribution in [2.24, 2.45) is 0 Å². The molecule has 0 saturated heterocycles. The standard InChI is InChI=1S/C14H23ClN4/c1-11(2)17-14(4,10-16)7-5-6-8-19-9-13(15)12(3)18-19/h9,11,17H,5-8H2,1-4H3. The molecule has 1 aromatic heterocycles. The third-order valence-corrected chi connectivity index (χ3v) is 3.43. The SMILES string of the molecule is Cc1nn(CCCCC(C)(C#N)NC(C)C)cc1Cl. The van der Waals surface area contributed by atoms with Crippen LogP contribution in [0.25, 0.3) is 0 Å². The molecular formula is C14H23ClN4. The van der Waals surface area contributed by atoms with Gasteiger partial charge in [-0.3, -0.25) is 10.00 Å². The number of aromatic nitrogens is 2. The molecule has 0 radical (unpaired) electrons. The van der Waals surface area contributed by atoms with Gasteiger partial charge in [0.15, 0.2) is 0 Å². The minimum absolute atomic E-state index is 0.317. The second-order valence-corrected chi connectivity index (χ2v) is 5.93. The quantitative estimate of drug-likeness (QED) is 0.781. The number of hydrogen-bond donors (Lipinski definition) is 1. The molecule has 1 heterocycles. The van der Waals surface area contributed by atoms with E-state index in [9.17, 15) is 5.26 Å². The fraction of sp³-hybridized carbons (Fsp3) is 0.714. The van der Waals surface area contributed by atoms with E-state index >= 15 is 0 Å². The number of nitrogens with zero attached hydrogens (tertiary/aromatic N) is 3. The van der Waals surface area contributed by atoms with Crippen molar-refractivity contribution >= 4 is 11.6 Å². The van der Waals surface area contributed by atoms with Crippen molar-refractivity contribution < 1.29 is 0 Å². The van der Waals surface area contributed by atoms with Gasteiger partial charge in [-0.05, 0) is 47.0 Å². The van der Waals surface area contributed by atoms with Gasteiger partial charge < -0.3 is 0 Å².